The van der Waals surface area contributed by atoms with Gasteiger partial charge in [-0.2, -0.15) is 0 Å². The summed E-state index contributed by atoms with van der Waals surface area (Å²) < 4.78 is 4.96. The fraction of sp³-hybridized carbons (Fsp3) is 0.462. The van der Waals surface area contributed by atoms with Crippen LogP contribution in [0.25, 0.3) is 0 Å². The van der Waals surface area contributed by atoms with E-state index in [0.717, 1.165) is 26.1 Å². The first-order valence-corrected chi connectivity index (χ1v) is 5.78. The molecule has 0 aliphatic heterocycles. The van der Waals surface area contributed by atoms with E-state index in [-0.39, 0.29) is 5.91 Å². The first-order valence-electron chi connectivity index (χ1n) is 5.78. The number of methoxy groups -OCH3 is 1. The van der Waals surface area contributed by atoms with E-state index in [2.05, 4.69) is 10.6 Å². The molecule has 17 heavy (non-hydrogen) atoms. The Morgan fingerprint density at radius 1 is 1.29 bits per heavy atom. The van der Waals surface area contributed by atoms with Gasteiger partial charge in [-0.15, -0.1) is 0 Å². The Labute approximate surface area is 102 Å². The number of benzene rings is 1. The zero-order chi connectivity index (χ0) is 12.5. The molecule has 0 atom stereocenters. The van der Waals surface area contributed by atoms with E-state index in [4.69, 9.17) is 4.74 Å². The third-order valence-electron chi connectivity index (χ3n) is 2.47. The van der Waals surface area contributed by atoms with E-state index in [1.165, 1.54) is 5.56 Å². The summed E-state index contributed by atoms with van der Waals surface area (Å²) in [6.07, 6.45) is 1.01. The molecule has 1 amide bonds. The summed E-state index contributed by atoms with van der Waals surface area (Å²) in [7, 11) is 3.34. The second-order valence-corrected chi connectivity index (χ2v) is 3.80. The Kier molecular flexibility index (Phi) is 6.29. The molecule has 1 rings (SSSR count). The normalized spacial score (nSPS) is 10.2. The minimum atomic E-state index is -0.0513. The molecule has 4 heteroatoms. The molecule has 0 spiro atoms. The number of carbonyl (C=O) groups is 1. The van der Waals surface area contributed by atoms with Crippen LogP contribution in [0.3, 0.4) is 0 Å². The molecule has 0 saturated heterocycles. The lowest BCUT2D eigenvalue weighted by Crippen LogP contribution is -2.18. The molecule has 0 aromatic heterocycles. The van der Waals surface area contributed by atoms with Crippen molar-refractivity contribution >= 4 is 5.91 Å². The Balaban J connectivity index is 2.33. The Bertz CT molecular complexity index is 336. The summed E-state index contributed by atoms with van der Waals surface area (Å²) in [5, 5.41) is 5.92. The van der Waals surface area contributed by atoms with Gasteiger partial charge in [-0.05, 0) is 30.7 Å². The Morgan fingerprint density at radius 2 is 2.00 bits per heavy atom. The number of carbonyl (C=O) groups excluding carboxylic acids is 1. The van der Waals surface area contributed by atoms with Crippen molar-refractivity contribution in [2.45, 2.75) is 13.0 Å². The fourth-order valence-electron chi connectivity index (χ4n) is 1.49. The molecular formula is C13H20N2O2. The van der Waals surface area contributed by atoms with Crippen molar-refractivity contribution < 1.29 is 9.53 Å². The lowest BCUT2D eigenvalue weighted by atomic mass is 10.1. The summed E-state index contributed by atoms with van der Waals surface area (Å²) in [5.74, 6) is -0.0513. The first-order chi connectivity index (χ1) is 8.27. The quantitative estimate of drug-likeness (QED) is 0.699. The number of nitrogens with one attached hydrogen (secondary N) is 2. The van der Waals surface area contributed by atoms with Crippen molar-refractivity contribution in [3.8, 4) is 0 Å². The van der Waals surface area contributed by atoms with Crippen molar-refractivity contribution in [1.29, 1.82) is 0 Å². The van der Waals surface area contributed by atoms with Gasteiger partial charge in [-0.3, -0.25) is 4.79 Å². The predicted octanol–water partition coefficient (Wildman–Crippen LogP) is 1.17. The number of hydrogen-bond donors (Lipinski definition) is 2. The Morgan fingerprint density at radius 3 is 2.59 bits per heavy atom. The monoisotopic (exact) mass is 236 g/mol. The van der Waals surface area contributed by atoms with Crippen LogP contribution < -0.4 is 10.6 Å². The van der Waals surface area contributed by atoms with Gasteiger partial charge < -0.3 is 15.4 Å². The van der Waals surface area contributed by atoms with Crippen molar-refractivity contribution in [2.75, 3.05) is 27.3 Å². The van der Waals surface area contributed by atoms with Gasteiger partial charge in [-0.25, -0.2) is 0 Å². The largest absolute Gasteiger partial charge is 0.385 e. The fourth-order valence-corrected chi connectivity index (χ4v) is 1.49. The molecule has 4 nitrogen and oxygen atoms in total. The number of amides is 1. The van der Waals surface area contributed by atoms with Gasteiger partial charge in [0.25, 0.3) is 5.91 Å². The van der Waals surface area contributed by atoms with Crippen LogP contribution in [0.1, 0.15) is 22.3 Å². The van der Waals surface area contributed by atoms with Crippen LogP contribution in [0.2, 0.25) is 0 Å². The van der Waals surface area contributed by atoms with Crippen LogP contribution in [0.5, 0.6) is 0 Å². The maximum Gasteiger partial charge on any atom is 0.251 e. The van der Waals surface area contributed by atoms with Crippen LogP contribution in [0.15, 0.2) is 24.3 Å². The van der Waals surface area contributed by atoms with Gasteiger partial charge in [0, 0.05) is 32.9 Å². The van der Waals surface area contributed by atoms with Crippen molar-refractivity contribution in [1.82, 2.24) is 10.6 Å². The van der Waals surface area contributed by atoms with Crippen LogP contribution in [0, 0.1) is 0 Å². The lowest BCUT2D eigenvalue weighted by molar-refractivity contribution is 0.0963. The molecule has 0 aliphatic rings. The van der Waals surface area contributed by atoms with E-state index >= 15 is 0 Å². The minimum absolute atomic E-state index is 0.0513. The highest BCUT2D eigenvalue weighted by atomic mass is 16.5. The summed E-state index contributed by atoms with van der Waals surface area (Å²) in [6.45, 7) is 2.53. The van der Waals surface area contributed by atoms with Crippen molar-refractivity contribution in [3.63, 3.8) is 0 Å². The van der Waals surface area contributed by atoms with Crippen LogP contribution in [0.4, 0.5) is 0 Å². The first kappa shape index (κ1) is 13.7. The van der Waals surface area contributed by atoms with Gasteiger partial charge in [0.1, 0.15) is 0 Å². The molecule has 2 N–H and O–H groups in total. The van der Waals surface area contributed by atoms with E-state index < -0.39 is 0 Å². The average molecular weight is 236 g/mol. The molecule has 0 radical (unpaired) electrons. The molecule has 1 aromatic rings. The molecular weight excluding hydrogens is 216 g/mol. The summed E-state index contributed by atoms with van der Waals surface area (Å²) >= 11 is 0. The smallest absolute Gasteiger partial charge is 0.251 e. The van der Waals surface area contributed by atoms with Gasteiger partial charge >= 0.3 is 0 Å². The molecule has 0 unspecified atom stereocenters. The van der Waals surface area contributed by atoms with Gasteiger partial charge in [0.15, 0.2) is 0 Å². The van der Waals surface area contributed by atoms with Gasteiger partial charge in [0.2, 0.25) is 0 Å². The number of rotatable bonds is 7. The average Bonchev–Trinajstić information content (AvgIpc) is 2.38. The molecule has 0 fully saturated rings. The topological polar surface area (TPSA) is 50.4 Å². The lowest BCUT2D eigenvalue weighted by Gasteiger charge is -2.05. The minimum Gasteiger partial charge on any atom is -0.385 e. The van der Waals surface area contributed by atoms with E-state index in [0.29, 0.717) is 5.56 Å². The summed E-state index contributed by atoms with van der Waals surface area (Å²) in [5.41, 5.74) is 1.87. The van der Waals surface area contributed by atoms with Gasteiger partial charge in [0.05, 0.1) is 0 Å². The van der Waals surface area contributed by atoms with Crippen LogP contribution in [-0.4, -0.2) is 33.2 Å². The standard InChI is InChI=1S/C13H20N2O2/c1-14-13(16)12-6-4-11(5-7-12)10-15-8-3-9-17-2/h4-7,15H,3,8-10H2,1-2H3,(H,14,16). The molecule has 94 valence electrons. The van der Waals surface area contributed by atoms with Gasteiger partial charge in [-0.1, -0.05) is 12.1 Å². The maximum absolute atomic E-state index is 11.3. The van der Waals surface area contributed by atoms with Crippen molar-refractivity contribution in [2.24, 2.45) is 0 Å². The summed E-state index contributed by atoms with van der Waals surface area (Å²) in [4.78, 5) is 11.3. The zero-order valence-electron chi connectivity index (χ0n) is 10.5. The van der Waals surface area contributed by atoms with Crippen molar-refractivity contribution in [3.05, 3.63) is 35.4 Å². The predicted molar refractivity (Wildman–Crippen MR) is 68.0 cm³/mol. The van der Waals surface area contributed by atoms with E-state index in [1.54, 1.807) is 14.2 Å². The SMILES string of the molecule is CNC(=O)c1ccc(CNCCCOC)cc1. The molecule has 0 saturated carbocycles. The Hall–Kier alpha value is -1.39. The van der Waals surface area contributed by atoms with Crippen LogP contribution in [-0.2, 0) is 11.3 Å². The number of ether oxygens (including phenoxy) is 1. The number of hydrogen-bond acceptors (Lipinski definition) is 3. The third kappa shape index (κ3) is 4.97. The van der Waals surface area contributed by atoms with E-state index in [1.807, 2.05) is 24.3 Å². The third-order valence-corrected chi connectivity index (χ3v) is 2.47. The maximum atomic E-state index is 11.3. The second kappa shape index (κ2) is 7.81. The second-order valence-electron chi connectivity index (χ2n) is 3.80. The highest BCUT2D eigenvalue weighted by Gasteiger charge is 2.01. The zero-order valence-corrected chi connectivity index (χ0v) is 10.5. The van der Waals surface area contributed by atoms with E-state index in [9.17, 15) is 4.79 Å². The summed E-state index contributed by atoms with van der Waals surface area (Å²) in [6, 6.07) is 7.61. The highest BCUT2D eigenvalue weighted by Crippen LogP contribution is 2.04. The molecule has 0 heterocycles. The highest BCUT2D eigenvalue weighted by molar-refractivity contribution is 5.93. The molecule has 0 bridgehead atoms. The molecule has 0 aliphatic carbocycles. The molecule has 1 aromatic carbocycles. The van der Waals surface area contributed by atoms with Crippen LogP contribution >= 0.6 is 0 Å².